The Morgan fingerprint density at radius 2 is 1.83 bits per heavy atom. The van der Waals surface area contributed by atoms with Crippen LogP contribution in [0.4, 0.5) is 4.39 Å². The maximum atomic E-state index is 13.0. The average molecular weight is 305 g/mol. The molecule has 0 amide bonds. The minimum atomic E-state index is -0.405. The van der Waals surface area contributed by atoms with E-state index in [0.717, 1.165) is 10.0 Å². The number of rotatable bonds is 3. The highest BCUT2D eigenvalue weighted by Gasteiger charge is 2.02. The molecule has 0 spiro atoms. The monoisotopic (exact) mass is 304 g/mol. The van der Waals surface area contributed by atoms with E-state index in [2.05, 4.69) is 15.9 Å². The number of hydrogen-bond donors (Lipinski definition) is 0. The fraction of sp³-hybridized carbons (Fsp3) is 0. The minimum Gasteiger partial charge on any atom is -0.289 e. The van der Waals surface area contributed by atoms with Gasteiger partial charge < -0.3 is 0 Å². The van der Waals surface area contributed by atoms with Gasteiger partial charge in [0.25, 0.3) is 0 Å². The molecule has 0 bridgehead atoms. The highest BCUT2D eigenvalue weighted by atomic mass is 79.9. The third-order valence-electron chi connectivity index (χ3n) is 2.41. The second-order valence-corrected chi connectivity index (χ2v) is 4.68. The van der Waals surface area contributed by atoms with Crippen LogP contribution >= 0.6 is 15.9 Å². The van der Waals surface area contributed by atoms with Gasteiger partial charge in [-0.2, -0.15) is 0 Å². The molecule has 0 saturated heterocycles. The quantitative estimate of drug-likeness (QED) is 0.603. The van der Waals surface area contributed by atoms with Crippen molar-refractivity contribution in [2.75, 3.05) is 0 Å². The smallest absolute Gasteiger partial charge is 0.185 e. The zero-order chi connectivity index (χ0) is 13.0. The Hall–Kier alpha value is -1.74. The summed E-state index contributed by atoms with van der Waals surface area (Å²) in [5, 5.41) is 0. The van der Waals surface area contributed by atoms with E-state index in [9.17, 15) is 9.18 Å². The Morgan fingerprint density at radius 3 is 2.50 bits per heavy atom. The van der Waals surface area contributed by atoms with Crippen LogP contribution in [0.5, 0.6) is 0 Å². The van der Waals surface area contributed by atoms with Gasteiger partial charge in [-0.05, 0) is 35.9 Å². The van der Waals surface area contributed by atoms with E-state index in [0.29, 0.717) is 5.56 Å². The number of benzene rings is 2. The van der Waals surface area contributed by atoms with Crippen molar-refractivity contribution in [2.24, 2.45) is 0 Å². The van der Waals surface area contributed by atoms with Gasteiger partial charge >= 0.3 is 0 Å². The molecule has 1 nitrogen and oxygen atoms in total. The molecule has 2 aromatic carbocycles. The van der Waals surface area contributed by atoms with E-state index >= 15 is 0 Å². The van der Waals surface area contributed by atoms with Crippen molar-refractivity contribution in [2.45, 2.75) is 0 Å². The number of carbonyl (C=O) groups is 1. The number of hydrogen-bond acceptors (Lipinski definition) is 1. The zero-order valence-corrected chi connectivity index (χ0v) is 11.0. The summed E-state index contributed by atoms with van der Waals surface area (Å²) in [4.78, 5) is 11.8. The molecular weight excluding hydrogens is 295 g/mol. The van der Waals surface area contributed by atoms with Crippen LogP contribution in [0.1, 0.15) is 15.9 Å². The first kappa shape index (κ1) is 12.7. The molecule has 0 aliphatic rings. The van der Waals surface area contributed by atoms with Crippen LogP contribution in [0, 0.1) is 5.82 Å². The first-order chi connectivity index (χ1) is 8.65. The lowest BCUT2D eigenvalue weighted by atomic mass is 10.1. The molecule has 0 N–H and O–H groups in total. The minimum absolute atomic E-state index is 0.211. The van der Waals surface area contributed by atoms with Crippen LogP contribution in [-0.4, -0.2) is 5.78 Å². The highest BCUT2D eigenvalue weighted by molar-refractivity contribution is 9.10. The second-order valence-electron chi connectivity index (χ2n) is 3.76. The van der Waals surface area contributed by atoms with Crippen molar-refractivity contribution >= 4 is 27.8 Å². The number of allylic oxidation sites excluding steroid dienone is 1. The van der Waals surface area contributed by atoms with Crippen LogP contribution in [0.15, 0.2) is 59.1 Å². The normalized spacial score (nSPS) is 10.8. The van der Waals surface area contributed by atoms with Crippen molar-refractivity contribution < 1.29 is 9.18 Å². The summed E-state index contributed by atoms with van der Waals surface area (Å²) < 4.78 is 13.9. The van der Waals surface area contributed by atoms with E-state index in [1.165, 1.54) is 24.3 Å². The fourth-order valence-electron chi connectivity index (χ4n) is 1.48. The van der Waals surface area contributed by atoms with Gasteiger partial charge in [0.2, 0.25) is 0 Å². The molecule has 0 unspecified atom stereocenters. The van der Waals surface area contributed by atoms with Gasteiger partial charge in [-0.25, -0.2) is 4.39 Å². The van der Waals surface area contributed by atoms with Crippen molar-refractivity contribution in [3.63, 3.8) is 0 Å². The summed E-state index contributed by atoms with van der Waals surface area (Å²) in [6, 6.07) is 13.2. The molecule has 0 saturated carbocycles. The lowest BCUT2D eigenvalue weighted by Gasteiger charge is -1.96. The molecule has 0 aliphatic carbocycles. The van der Waals surface area contributed by atoms with Gasteiger partial charge in [0.15, 0.2) is 5.78 Å². The van der Waals surface area contributed by atoms with Crippen molar-refractivity contribution in [3.8, 4) is 0 Å². The average Bonchev–Trinajstić information content (AvgIpc) is 2.38. The Morgan fingerprint density at radius 1 is 1.11 bits per heavy atom. The Balaban J connectivity index is 2.14. The predicted octanol–water partition coefficient (Wildman–Crippen LogP) is 4.48. The molecule has 0 radical (unpaired) electrons. The van der Waals surface area contributed by atoms with E-state index in [1.54, 1.807) is 12.1 Å². The predicted molar refractivity (Wildman–Crippen MR) is 73.9 cm³/mol. The van der Waals surface area contributed by atoms with Crippen molar-refractivity contribution in [1.29, 1.82) is 0 Å². The fourth-order valence-corrected chi connectivity index (χ4v) is 1.75. The molecule has 0 aliphatic heterocycles. The van der Waals surface area contributed by atoms with E-state index in [1.807, 2.05) is 24.3 Å². The van der Waals surface area contributed by atoms with Gasteiger partial charge in [-0.15, -0.1) is 0 Å². The molecule has 3 heteroatoms. The van der Waals surface area contributed by atoms with E-state index < -0.39 is 5.82 Å². The largest absolute Gasteiger partial charge is 0.289 e. The first-order valence-corrected chi connectivity index (χ1v) is 6.18. The molecule has 2 rings (SSSR count). The third kappa shape index (κ3) is 3.37. The Kier molecular flexibility index (Phi) is 4.05. The molecule has 0 heterocycles. The van der Waals surface area contributed by atoms with E-state index in [-0.39, 0.29) is 5.78 Å². The van der Waals surface area contributed by atoms with Crippen LogP contribution < -0.4 is 0 Å². The molecule has 2 aromatic rings. The van der Waals surface area contributed by atoms with Gasteiger partial charge in [0.05, 0.1) is 0 Å². The highest BCUT2D eigenvalue weighted by Crippen LogP contribution is 2.12. The number of carbonyl (C=O) groups excluding carboxylic acids is 1. The second kappa shape index (κ2) is 5.74. The summed E-state index contributed by atoms with van der Waals surface area (Å²) in [5.41, 5.74) is 1.27. The lowest BCUT2D eigenvalue weighted by molar-refractivity contribution is 0.104. The van der Waals surface area contributed by atoms with Crippen LogP contribution in [-0.2, 0) is 0 Å². The van der Waals surface area contributed by atoms with Gasteiger partial charge in [-0.3, -0.25) is 4.79 Å². The summed E-state index contributed by atoms with van der Waals surface area (Å²) in [5.74, 6) is -0.615. The molecular formula is C15H10BrFO. The zero-order valence-electron chi connectivity index (χ0n) is 9.44. The summed E-state index contributed by atoms with van der Waals surface area (Å²) in [6.45, 7) is 0. The summed E-state index contributed by atoms with van der Waals surface area (Å²) in [7, 11) is 0. The molecule has 0 aromatic heterocycles. The summed E-state index contributed by atoms with van der Waals surface area (Å²) >= 11 is 3.34. The molecule has 18 heavy (non-hydrogen) atoms. The number of halogens is 2. The Labute approximate surface area is 113 Å². The topological polar surface area (TPSA) is 17.1 Å². The molecule has 0 atom stereocenters. The van der Waals surface area contributed by atoms with Crippen LogP contribution in [0.2, 0.25) is 0 Å². The summed E-state index contributed by atoms with van der Waals surface area (Å²) in [6.07, 6.45) is 3.15. The van der Waals surface area contributed by atoms with E-state index in [4.69, 9.17) is 0 Å². The van der Waals surface area contributed by atoms with Gasteiger partial charge in [-0.1, -0.05) is 46.3 Å². The Bertz CT molecular complexity index is 588. The van der Waals surface area contributed by atoms with Crippen molar-refractivity contribution in [1.82, 2.24) is 0 Å². The SMILES string of the molecule is O=C(/C=C/c1ccc(Br)cc1)c1cccc(F)c1. The standard InChI is InChI=1S/C15H10BrFO/c16-13-7-4-11(5-8-13)6-9-15(18)12-2-1-3-14(17)10-12/h1-10H/b9-6+. The van der Waals surface area contributed by atoms with Crippen LogP contribution in [0.3, 0.4) is 0 Å². The van der Waals surface area contributed by atoms with Gasteiger partial charge in [0, 0.05) is 10.0 Å². The maximum absolute atomic E-state index is 13.0. The third-order valence-corrected chi connectivity index (χ3v) is 2.93. The van der Waals surface area contributed by atoms with Gasteiger partial charge in [0.1, 0.15) is 5.82 Å². The van der Waals surface area contributed by atoms with Crippen LogP contribution in [0.25, 0.3) is 6.08 Å². The maximum Gasteiger partial charge on any atom is 0.185 e. The van der Waals surface area contributed by atoms with Crippen molar-refractivity contribution in [3.05, 3.63) is 76.0 Å². The molecule has 0 fully saturated rings. The molecule has 90 valence electrons. The number of ketones is 1. The first-order valence-electron chi connectivity index (χ1n) is 5.39. The lowest BCUT2D eigenvalue weighted by Crippen LogP contribution is -1.94.